The summed E-state index contributed by atoms with van der Waals surface area (Å²) in [4.78, 5) is 14.6. The summed E-state index contributed by atoms with van der Waals surface area (Å²) in [6, 6.07) is 8.29. The minimum atomic E-state index is -0.372. The van der Waals surface area contributed by atoms with Crippen LogP contribution in [-0.2, 0) is 11.2 Å². The minimum Gasteiger partial charge on any atom is -0.297 e. The molecule has 0 bridgehead atoms. The largest absolute Gasteiger partial charge is 0.297 e. The normalized spacial score (nSPS) is 14.8. The Balaban J connectivity index is 2.28. The van der Waals surface area contributed by atoms with Crippen molar-refractivity contribution >= 4 is 27.2 Å². The fourth-order valence-corrected chi connectivity index (χ4v) is 3.26. The number of benzene rings is 1. The first-order chi connectivity index (χ1) is 8.99. The Morgan fingerprint density at radius 3 is 2.63 bits per heavy atom. The number of rotatable bonds is 5. The molecule has 3 heteroatoms. The number of hydrogen-bond acceptors (Lipinski definition) is 3. The Morgan fingerprint density at radius 1 is 1.32 bits per heavy atom. The second kappa shape index (κ2) is 5.43. The molecule has 2 aromatic rings. The zero-order chi connectivity index (χ0) is 14.0. The molecule has 0 spiro atoms. The van der Waals surface area contributed by atoms with Crippen molar-refractivity contribution in [3.63, 3.8) is 0 Å². The van der Waals surface area contributed by atoms with Gasteiger partial charge in [-0.2, -0.15) is 0 Å². The van der Waals surface area contributed by atoms with Crippen LogP contribution in [0.5, 0.6) is 0 Å². The van der Waals surface area contributed by atoms with Gasteiger partial charge in [0.2, 0.25) is 0 Å². The van der Waals surface area contributed by atoms with E-state index in [-0.39, 0.29) is 5.54 Å². The summed E-state index contributed by atoms with van der Waals surface area (Å²) in [6.45, 7) is 4.10. The molecular formula is C16H21NOS. The van der Waals surface area contributed by atoms with Crippen molar-refractivity contribution in [1.82, 2.24) is 4.90 Å². The number of carbonyl (C=O) groups excluding carboxylic acids is 1. The monoisotopic (exact) mass is 275 g/mol. The highest BCUT2D eigenvalue weighted by Gasteiger charge is 2.33. The summed E-state index contributed by atoms with van der Waals surface area (Å²) >= 11 is 1.72. The molecule has 2 rings (SSSR count). The van der Waals surface area contributed by atoms with E-state index in [1.807, 2.05) is 38.1 Å². The third-order valence-corrected chi connectivity index (χ3v) is 5.20. The van der Waals surface area contributed by atoms with Crippen molar-refractivity contribution in [3.05, 3.63) is 35.2 Å². The average molecular weight is 275 g/mol. The van der Waals surface area contributed by atoms with E-state index in [1.165, 1.54) is 10.1 Å². The maximum atomic E-state index is 12.6. The first-order valence-corrected chi connectivity index (χ1v) is 7.53. The highest BCUT2D eigenvalue weighted by atomic mass is 32.1. The van der Waals surface area contributed by atoms with Gasteiger partial charge in [-0.25, -0.2) is 0 Å². The van der Waals surface area contributed by atoms with E-state index < -0.39 is 0 Å². The number of carbonyl (C=O) groups is 1. The molecule has 1 aromatic carbocycles. The zero-order valence-corrected chi connectivity index (χ0v) is 12.9. The predicted molar refractivity (Wildman–Crippen MR) is 82.9 cm³/mol. The maximum Gasteiger partial charge on any atom is 0.157 e. The van der Waals surface area contributed by atoms with Gasteiger partial charge < -0.3 is 0 Å². The smallest absolute Gasteiger partial charge is 0.157 e. The number of Topliss-reactive ketones (excluding diaryl/α,β-unsaturated/α-hetero) is 1. The summed E-state index contributed by atoms with van der Waals surface area (Å²) in [7, 11) is 3.96. The summed E-state index contributed by atoms with van der Waals surface area (Å²) in [5.74, 6) is 0.295. The fourth-order valence-electron chi connectivity index (χ4n) is 2.30. The Labute approximate surface area is 119 Å². The highest BCUT2D eigenvalue weighted by molar-refractivity contribution is 7.17. The molecule has 1 aromatic heterocycles. The molecule has 0 aliphatic rings. The molecule has 0 aliphatic carbocycles. The number of fused-ring (bicyclic) bond motifs is 1. The van der Waals surface area contributed by atoms with Gasteiger partial charge in [-0.3, -0.25) is 9.69 Å². The molecule has 0 saturated heterocycles. The van der Waals surface area contributed by atoms with E-state index in [9.17, 15) is 4.79 Å². The van der Waals surface area contributed by atoms with Crippen LogP contribution < -0.4 is 0 Å². The maximum absolute atomic E-state index is 12.6. The van der Waals surface area contributed by atoms with E-state index in [0.717, 1.165) is 12.0 Å². The molecular weight excluding hydrogens is 254 g/mol. The molecule has 1 unspecified atom stereocenters. The van der Waals surface area contributed by atoms with Crippen LogP contribution in [0.2, 0.25) is 0 Å². The molecule has 19 heavy (non-hydrogen) atoms. The second-order valence-electron chi connectivity index (χ2n) is 5.38. The lowest BCUT2D eigenvalue weighted by atomic mass is 9.88. The van der Waals surface area contributed by atoms with Gasteiger partial charge in [0.05, 0.1) is 5.54 Å². The van der Waals surface area contributed by atoms with Crippen LogP contribution in [0, 0.1) is 0 Å². The van der Waals surface area contributed by atoms with E-state index in [2.05, 4.69) is 24.4 Å². The van der Waals surface area contributed by atoms with Gasteiger partial charge in [0, 0.05) is 11.1 Å². The van der Waals surface area contributed by atoms with Crippen LogP contribution in [0.3, 0.4) is 0 Å². The fraction of sp³-hybridized carbons (Fsp3) is 0.438. The molecule has 0 fully saturated rings. The Morgan fingerprint density at radius 2 is 2.00 bits per heavy atom. The lowest BCUT2D eigenvalue weighted by molar-refractivity contribution is -0.128. The van der Waals surface area contributed by atoms with Crippen LogP contribution >= 0.6 is 11.3 Å². The van der Waals surface area contributed by atoms with Gasteiger partial charge in [-0.1, -0.05) is 25.1 Å². The highest BCUT2D eigenvalue weighted by Crippen LogP contribution is 2.28. The summed E-state index contributed by atoms with van der Waals surface area (Å²) in [5.41, 5.74) is 0.787. The lowest BCUT2D eigenvalue weighted by Gasteiger charge is -2.34. The number of ketones is 1. The van der Waals surface area contributed by atoms with Gasteiger partial charge in [0.1, 0.15) is 0 Å². The van der Waals surface area contributed by atoms with Gasteiger partial charge in [0.15, 0.2) is 5.78 Å². The third kappa shape index (κ3) is 2.58. The van der Waals surface area contributed by atoms with Crippen LogP contribution in [0.4, 0.5) is 0 Å². The molecule has 0 aliphatic heterocycles. The lowest BCUT2D eigenvalue weighted by Crippen LogP contribution is -2.48. The van der Waals surface area contributed by atoms with Crippen LogP contribution in [0.1, 0.15) is 25.8 Å². The minimum absolute atomic E-state index is 0.295. The van der Waals surface area contributed by atoms with Gasteiger partial charge in [0.25, 0.3) is 0 Å². The first kappa shape index (κ1) is 14.2. The van der Waals surface area contributed by atoms with E-state index >= 15 is 0 Å². The van der Waals surface area contributed by atoms with Crippen molar-refractivity contribution in [2.45, 2.75) is 32.2 Å². The third-order valence-electron chi connectivity index (χ3n) is 4.19. The van der Waals surface area contributed by atoms with Crippen LogP contribution in [0.25, 0.3) is 10.1 Å². The molecule has 1 heterocycles. The number of likely N-dealkylation sites (N-methyl/N-ethyl adjacent to an activating group) is 1. The molecule has 2 nitrogen and oxygen atoms in total. The molecule has 1 atom stereocenters. The summed E-state index contributed by atoms with van der Waals surface area (Å²) < 4.78 is 1.26. The van der Waals surface area contributed by atoms with Crippen molar-refractivity contribution in [2.75, 3.05) is 14.1 Å². The van der Waals surface area contributed by atoms with Crippen molar-refractivity contribution in [3.8, 4) is 0 Å². The van der Waals surface area contributed by atoms with Crippen LogP contribution in [0.15, 0.2) is 29.6 Å². The molecule has 102 valence electrons. The molecule has 0 saturated carbocycles. The molecule has 0 radical (unpaired) electrons. The SMILES string of the molecule is CCC(C)(C(=O)Cc1csc2ccccc12)N(C)C. The van der Waals surface area contributed by atoms with E-state index in [4.69, 9.17) is 0 Å². The standard InChI is InChI=1S/C16H21NOS/c1-5-16(2,17(3)4)15(18)10-12-11-19-14-9-7-6-8-13(12)14/h6-9,11H,5,10H2,1-4H3. The Hall–Kier alpha value is -1.19. The van der Waals surface area contributed by atoms with Gasteiger partial charge in [-0.15, -0.1) is 11.3 Å². The summed E-state index contributed by atoms with van der Waals surface area (Å²) in [5, 5.41) is 3.34. The van der Waals surface area contributed by atoms with Crippen molar-refractivity contribution < 1.29 is 4.79 Å². The second-order valence-corrected chi connectivity index (χ2v) is 6.29. The number of thiophene rings is 1. The number of nitrogens with zero attached hydrogens (tertiary/aromatic N) is 1. The van der Waals surface area contributed by atoms with E-state index in [1.54, 1.807) is 11.3 Å². The Kier molecular flexibility index (Phi) is 4.07. The van der Waals surface area contributed by atoms with Gasteiger partial charge in [-0.05, 0) is 49.8 Å². The predicted octanol–water partition coefficient (Wildman–Crippen LogP) is 3.74. The van der Waals surface area contributed by atoms with Crippen molar-refractivity contribution in [2.24, 2.45) is 0 Å². The molecule has 0 N–H and O–H groups in total. The van der Waals surface area contributed by atoms with E-state index in [0.29, 0.717) is 12.2 Å². The first-order valence-electron chi connectivity index (χ1n) is 6.65. The summed E-state index contributed by atoms with van der Waals surface area (Å²) in [6.07, 6.45) is 1.35. The van der Waals surface area contributed by atoms with Gasteiger partial charge >= 0.3 is 0 Å². The zero-order valence-electron chi connectivity index (χ0n) is 12.1. The molecule has 0 amide bonds. The average Bonchev–Trinajstić information content (AvgIpc) is 2.81. The van der Waals surface area contributed by atoms with Crippen LogP contribution in [-0.4, -0.2) is 30.3 Å². The quantitative estimate of drug-likeness (QED) is 0.828. The Bertz CT molecular complexity index is 587. The topological polar surface area (TPSA) is 20.3 Å². The van der Waals surface area contributed by atoms with Crippen molar-refractivity contribution in [1.29, 1.82) is 0 Å². The number of hydrogen-bond donors (Lipinski definition) is 0.